The Morgan fingerprint density at radius 1 is 1.56 bits per heavy atom. The maximum absolute atomic E-state index is 10.4. The summed E-state index contributed by atoms with van der Waals surface area (Å²) >= 11 is 3.36. The molecule has 0 aromatic heterocycles. The second-order valence-corrected chi connectivity index (χ2v) is 4.26. The minimum absolute atomic E-state index is 0.299. The van der Waals surface area contributed by atoms with Gasteiger partial charge in [-0.15, -0.1) is 0 Å². The minimum Gasteiger partial charge on any atom is -0.489 e. The third-order valence-corrected chi connectivity index (χ3v) is 2.78. The summed E-state index contributed by atoms with van der Waals surface area (Å²) < 4.78 is 6.40. The first-order valence-corrected chi connectivity index (χ1v) is 5.54. The first-order valence-electron chi connectivity index (χ1n) is 4.75. The minimum atomic E-state index is -1.02. The van der Waals surface area contributed by atoms with Gasteiger partial charge in [-0.05, 0) is 29.8 Å². The summed E-state index contributed by atoms with van der Waals surface area (Å²) in [6, 6.07) is 5.69. The van der Waals surface area contributed by atoms with Gasteiger partial charge in [0, 0.05) is 16.6 Å². The lowest BCUT2D eigenvalue weighted by atomic mass is 10.0. The summed E-state index contributed by atoms with van der Waals surface area (Å²) in [5.41, 5.74) is 1.87. The number of hydrogen-bond donors (Lipinski definition) is 2. The first kappa shape index (κ1) is 11.0. The average Bonchev–Trinajstić information content (AvgIpc) is 2.25. The highest BCUT2D eigenvalue weighted by atomic mass is 79.9. The topological polar surface area (TPSA) is 58.6 Å². The Kier molecular flexibility index (Phi) is 3.14. The van der Waals surface area contributed by atoms with Crippen LogP contribution < -0.4 is 10.1 Å². The van der Waals surface area contributed by atoms with E-state index in [1.54, 1.807) is 0 Å². The zero-order valence-corrected chi connectivity index (χ0v) is 9.95. The fourth-order valence-corrected chi connectivity index (χ4v) is 1.90. The number of hydrogen-bond acceptors (Lipinski definition) is 2. The first-order chi connectivity index (χ1) is 7.66. The van der Waals surface area contributed by atoms with E-state index in [1.807, 2.05) is 24.3 Å². The Hall–Kier alpha value is -1.49. The van der Waals surface area contributed by atoms with Crippen molar-refractivity contribution in [3.8, 4) is 5.75 Å². The summed E-state index contributed by atoms with van der Waals surface area (Å²) in [6.45, 7) is 0.771. The number of carbonyl (C=O) groups is 1. The van der Waals surface area contributed by atoms with Gasteiger partial charge in [-0.3, -0.25) is 0 Å². The average molecular weight is 284 g/mol. The molecule has 0 saturated heterocycles. The molecule has 16 heavy (non-hydrogen) atoms. The number of carboxylic acid groups (broad SMARTS) is 1. The maximum Gasteiger partial charge on any atom is 0.404 e. The van der Waals surface area contributed by atoms with Gasteiger partial charge >= 0.3 is 6.09 Å². The smallest absolute Gasteiger partial charge is 0.404 e. The lowest BCUT2D eigenvalue weighted by Gasteiger charge is -2.18. The van der Waals surface area contributed by atoms with E-state index in [9.17, 15) is 4.79 Å². The molecular formula is C11H10BrNO3. The van der Waals surface area contributed by atoms with Crippen molar-refractivity contribution in [2.75, 3.05) is 13.2 Å². The van der Waals surface area contributed by atoms with Gasteiger partial charge in [0.2, 0.25) is 0 Å². The quantitative estimate of drug-likeness (QED) is 0.877. The molecule has 0 atom stereocenters. The highest BCUT2D eigenvalue weighted by Crippen LogP contribution is 2.31. The summed E-state index contributed by atoms with van der Waals surface area (Å²) in [5, 5.41) is 10.9. The third-order valence-electron chi connectivity index (χ3n) is 2.29. The van der Waals surface area contributed by atoms with E-state index in [0.29, 0.717) is 13.2 Å². The van der Waals surface area contributed by atoms with Crippen LogP contribution in [0.3, 0.4) is 0 Å². The van der Waals surface area contributed by atoms with E-state index in [1.165, 1.54) is 0 Å². The van der Waals surface area contributed by atoms with Crippen molar-refractivity contribution >= 4 is 27.6 Å². The third kappa shape index (κ3) is 2.36. The number of benzene rings is 1. The van der Waals surface area contributed by atoms with Gasteiger partial charge in [-0.25, -0.2) is 4.79 Å². The monoisotopic (exact) mass is 283 g/mol. The van der Waals surface area contributed by atoms with Gasteiger partial charge < -0.3 is 15.2 Å². The van der Waals surface area contributed by atoms with Crippen LogP contribution in [0.4, 0.5) is 4.79 Å². The number of nitrogens with one attached hydrogen (secondary N) is 1. The van der Waals surface area contributed by atoms with E-state index in [2.05, 4.69) is 21.2 Å². The SMILES string of the molecule is O=C(O)NCC1=CCOc2cc(Br)ccc21. The van der Waals surface area contributed by atoms with E-state index in [4.69, 9.17) is 9.84 Å². The summed E-state index contributed by atoms with van der Waals surface area (Å²) in [7, 11) is 0. The van der Waals surface area contributed by atoms with Crippen molar-refractivity contribution in [2.45, 2.75) is 0 Å². The molecule has 0 fully saturated rings. The van der Waals surface area contributed by atoms with E-state index < -0.39 is 6.09 Å². The van der Waals surface area contributed by atoms with Crippen molar-refractivity contribution in [1.82, 2.24) is 5.32 Å². The lowest BCUT2D eigenvalue weighted by molar-refractivity contribution is 0.196. The van der Waals surface area contributed by atoms with Crippen LogP contribution >= 0.6 is 15.9 Å². The van der Waals surface area contributed by atoms with Crippen LogP contribution in [-0.2, 0) is 0 Å². The molecule has 1 aromatic carbocycles. The summed E-state index contributed by atoms with van der Waals surface area (Å²) in [5.74, 6) is 0.777. The van der Waals surface area contributed by atoms with E-state index in [0.717, 1.165) is 21.4 Å². The fraction of sp³-hybridized carbons (Fsp3) is 0.182. The zero-order valence-electron chi connectivity index (χ0n) is 8.37. The van der Waals surface area contributed by atoms with Gasteiger partial charge in [0.15, 0.2) is 0 Å². The van der Waals surface area contributed by atoms with Gasteiger partial charge in [-0.2, -0.15) is 0 Å². The summed E-state index contributed by atoms with van der Waals surface area (Å²) in [4.78, 5) is 10.4. The normalized spacial score (nSPS) is 13.4. The Morgan fingerprint density at radius 2 is 2.38 bits per heavy atom. The zero-order chi connectivity index (χ0) is 11.5. The van der Waals surface area contributed by atoms with E-state index >= 15 is 0 Å². The molecule has 1 heterocycles. The molecule has 84 valence electrons. The van der Waals surface area contributed by atoms with Crippen molar-refractivity contribution in [2.24, 2.45) is 0 Å². The van der Waals surface area contributed by atoms with Crippen LogP contribution in [-0.4, -0.2) is 24.4 Å². The Balaban J connectivity index is 2.23. The molecule has 1 aromatic rings. The molecule has 2 N–H and O–H groups in total. The van der Waals surface area contributed by atoms with E-state index in [-0.39, 0.29) is 0 Å². The van der Waals surface area contributed by atoms with Crippen LogP contribution in [0.2, 0.25) is 0 Å². The molecule has 4 nitrogen and oxygen atoms in total. The number of halogens is 1. The summed E-state index contributed by atoms with van der Waals surface area (Å²) in [6.07, 6.45) is 0.859. The molecule has 2 rings (SSSR count). The molecule has 0 unspecified atom stereocenters. The Labute approximate surface area is 101 Å². The number of ether oxygens (including phenoxy) is 1. The van der Waals surface area contributed by atoms with Crippen molar-refractivity contribution in [3.63, 3.8) is 0 Å². The molecule has 1 aliphatic rings. The number of amides is 1. The van der Waals surface area contributed by atoms with Crippen LogP contribution in [0.1, 0.15) is 5.56 Å². The van der Waals surface area contributed by atoms with Crippen molar-refractivity contribution in [1.29, 1.82) is 0 Å². The molecular weight excluding hydrogens is 274 g/mol. The Bertz CT molecular complexity index is 457. The van der Waals surface area contributed by atoms with Crippen molar-refractivity contribution < 1.29 is 14.6 Å². The van der Waals surface area contributed by atoms with Crippen LogP contribution in [0.15, 0.2) is 28.7 Å². The highest BCUT2D eigenvalue weighted by molar-refractivity contribution is 9.10. The second kappa shape index (κ2) is 4.57. The maximum atomic E-state index is 10.4. The molecule has 5 heteroatoms. The molecule has 0 bridgehead atoms. The van der Waals surface area contributed by atoms with Gasteiger partial charge in [0.25, 0.3) is 0 Å². The van der Waals surface area contributed by atoms with Gasteiger partial charge in [-0.1, -0.05) is 15.9 Å². The van der Waals surface area contributed by atoms with Gasteiger partial charge in [0.1, 0.15) is 12.4 Å². The predicted molar refractivity (Wildman–Crippen MR) is 63.6 cm³/mol. The fourth-order valence-electron chi connectivity index (χ4n) is 1.56. The van der Waals surface area contributed by atoms with Crippen LogP contribution in [0.5, 0.6) is 5.75 Å². The molecule has 1 amide bonds. The molecule has 0 aliphatic carbocycles. The molecule has 0 spiro atoms. The molecule has 0 radical (unpaired) electrons. The van der Waals surface area contributed by atoms with Crippen LogP contribution in [0.25, 0.3) is 5.57 Å². The molecule has 1 aliphatic heterocycles. The Morgan fingerprint density at radius 3 is 3.12 bits per heavy atom. The lowest BCUT2D eigenvalue weighted by Crippen LogP contribution is -2.24. The second-order valence-electron chi connectivity index (χ2n) is 3.34. The standard InChI is InChI=1S/C11H10BrNO3/c12-8-1-2-9-7(6-13-11(14)15)3-4-16-10(9)5-8/h1-3,5,13H,4,6H2,(H,14,15). The van der Waals surface area contributed by atoms with Gasteiger partial charge in [0.05, 0.1) is 0 Å². The largest absolute Gasteiger partial charge is 0.489 e. The van der Waals surface area contributed by atoms with Crippen LogP contribution in [0, 0.1) is 0 Å². The predicted octanol–water partition coefficient (Wildman–Crippen LogP) is 2.49. The number of fused-ring (bicyclic) bond motifs is 1. The molecule has 0 saturated carbocycles. The van der Waals surface area contributed by atoms with Crippen molar-refractivity contribution in [3.05, 3.63) is 34.3 Å². The number of rotatable bonds is 2. The highest BCUT2D eigenvalue weighted by Gasteiger charge is 2.14.